The van der Waals surface area contributed by atoms with E-state index in [1.54, 1.807) is 18.2 Å². The molecule has 3 aliphatic rings. The molecular weight excluding hydrogens is 474 g/mol. The van der Waals surface area contributed by atoms with Crippen molar-refractivity contribution in [3.8, 4) is 5.75 Å². The number of ether oxygens (including phenoxy) is 1. The van der Waals surface area contributed by atoms with Gasteiger partial charge >= 0.3 is 0 Å². The van der Waals surface area contributed by atoms with Crippen molar-refractivity contribution >= 4 is 38.9 Å². The van der Waals surface area contributed by atoms with Gasteiger partial charge in [-0.25, -0.2) is 8.42 Å². The molecule has 1 fully saturated rings. The lowest BCUT2D eigenvalue weighted by molar-refractivity contribution is 0.106. The number of carbonyl (C=O) groups is 1. The first-order valence-electron chi connectivity index (χ1n) is 11.5. The summed E-state index contributed by atoms with van der Waals surface area (Å²) in [6.07, 6.45) is 1.45. The molecule has 0 amide bonds. The number of hydrogen-bond acceptors (Lipinski definition) is 6. The fraction of sp³-hybridized carbons (Fsp3) is 0.440. The highest BCUT2D eigenvalue weighted by molar-refractivity contribution is 7.89. The van der Waals surface area contributed by atoms with Crippen molar-refractivity contribution in [2.75, 3.05) is 31.1 Å². The van der Waals surface area contributed by atoms with Crippen LogP contribution in [0.25, 0.3) is 0 Å². The summed E-state index contributed by atoms with van der Waals surface area (Å²) < 4.78 is 34.5. The third-order valence-electron chi connectivity index (χ3n) is 6.65. The van der Waals surface area contributed by atoms with Gasteiger partial charge in [0.1, 0.15) is 12.4 Å². The molecule has 7 nitrogen and oxygen atoms in total. The number of halogens is 1. The van der Waals surface area contributed by atoms with Gasteiger partial charge in [0.25, 0.3) is 0 Å². The first-order chi connectivity index (χ1) is 16.1. The molecule has 0 aliphatic carbocycles. The molecule has 180 valence electrons. The standard InChI is InChI=1S/C25H28ClN3O4S/c1-16-6-9-22(20(26)11-16)33-13-17-5-4-10-29(17)34(31,32)18-7-8-21-19(12-18)23(30)24-27-14-25(2,3)15-28(21)24/h6-9,11-12,17H,4-5,10,13-15H2,1-3H3/t17-/m0/s1. The molecule has 0 bridgehead atoms. The Morgan fingerprint density at radius 3 is 2.76 bits per heavy atom. The van der Waals surface area contributed by atoms with Crippen LogP contribution in [-0.4, -0.2) is 56.6 Å². The number of ketones is 1. The summed E-state index contributed by atoms with van der Waals surface area (Å²) in [5.41, 5.74) is 2.10. The molecular formula is C25H28ClN3O4S. The molecule has 9 heteroatoms. The van der Waals surface area contributed by atoms with Crippen LogP contribution in [0, 0.1) is 12.3 Å². The molecule has 3 aliphatic heterocycles. The van der Waals surface area contributed by atoms with E-state index < -0.39 is 10.0 Å². The van der Waals surface area contributed by atoms with Gasteiger partial charge in [-0.05, 0) is 55.7 Å². The topological polar surface area (TPSA) is 79.3 Å². The number of rotatable bonds is 5. The van der Waals surface area contributed by atoms with Crippen LogP contribution in [0.15, 0.2) is 46.3 Å². The van der Waals surface area contributed by atoms with Gasteiger partial charge in [-0.15, -0.1) is 0 Å². The second kappa shape index (κ2) is 8.36. The lowest BCUT2D eigenvalue weighted by Gasteiger charge is -2.34. The smallest absolute Gasteiger partial charge is 0.243 e. The number of hydrogen-bond donors (Lipinski definition) is 0. The van der Waals surface area contributed by atoms with E-state index in [1.165, 1.54) is 10.4 Å². The average molecular weight is 502 g/mol. The monoisotopic (exact) mass is 501 g/mol. The summed E-state index contributed by atoms with van der Waals surface area (Å²) in [6, 6.07) is 10.1. The number of sulfonamides is 1. The molecule has 0 unspecified atom stereocenters. The number of carbonyl (C=O) groups excluding carboxylic acids is 1. The molecule has 0 saturated carbocycles. The summed E-state index contributed by atoms with van der Waals surface area (Å²) in [6.45, 7) is 8.03. The van der Waals surface area contributed by atoms with E-state index in [4.69, 9.17) is 16.3 Å². The summed E-state index contributed by atoms with van der Waals surface area (Å²) in [4.78, 5) is 19.5. The number of fused-ring (bicyclic) bond motifs is 3. The maximum atomic E-state index is 13.6. The third kappa shape index (κ3) is 4.01. The van der Waals surface area contributed by atoms with E-state index in [0.717, 1.165) is 17.7 Å². The fourth-order valence-electron chi connectivity index (χ4n) is 4.87. The van der Waals surface area contributed by atoms with Crippen LogP contribution in [-0.2, 0) is 10.0 Å². The summed E-state index contributed by atoms with van der Waals surface area (Å²) in [7, 11) is -3.80. The molecule has 2 aromatic carbocycles. The Kier molecular flexibility index (Phi) is 5.73. The van der Waals surface area contributed by atoms with Gasteiger partial charge in [-0.2, -0.15) is 4.31 Å². The van der Waals surface area contributed by atoms with Crippen LogP contribution in [0.2, 0.25) is 5.02 Å². The Bertz CT molecular complexity index is 1310. The number of benzene rings is 2. The molecule has 0 N–H and O–H groups in total. The quantitative estimate of drug-likeness (QED) is 0.609. The Hall–Kier alpha value is -2.42. The number of amidine groups is 1. The Labute approximate surface area is 205 Å². The summed E-state index contributed by atoms with van der Waals surface area (Å²) in [5.74, 6) is 0.740. The molecule has 2 aromatic rings. The second-order valence-corrected chi connectivity index (χ2v) is 12.4. The van der Waals surface area contributed by atoms with Crippen molar-refractivity contribution in [2.45, 2.75) is 44.6 Å². The molecule has 5 rings (SSSR count). The van der Waals surface area contributed by atoms with Gasteiger partial charge < -0.3 is 9.64 Å². The third-order valence-corrected chi connectivity index (χ3v) is 8.90. The van der Waals surface area contributed by atoms with Crippen molar-refractivity contribution in [3.05, 3.63) is 52.5 Å². The molecule has 3 heterocycles. The maximum absolute atomic E-state index is 13.6. The Morgan fingerprint density at radius 2 is 2.00 bits per heavy atom. The number of aryl methyl sites for hydroxylation is 1. The van der Waals surface area contributed by atoms with Crippen molar-refractivity contribution in [1.29, 1.82) is 0 Å². The largest absolute Gasteiger partial charge is 0.490 e. The molecule has 1 saturated heterocycles. The molecule has 0 aromatic heterocycles. The van der Waals surface area contributed by atoms with Crippen molar-refractivity contribution in [3.63, 3.8) is 0 Å². The Balaban J connectivity index is 1.39. The minimum atomic E-state index is -3.80. The van der Waals surface area contributed by atoms with E-state index in [2.05, 4.69) is 18.8 Å². The normalized spacial score (nSPS) is 21.9. The van der Waals surface area contributed by atoms with Crippen LogP contribution in [0.1, 0.15) is 42.6 Å². The minimum Gasteiger partial charge on any atom is -0.490 e. The first-order valence-corrected chi connectivity index (χ1v) is 13.3. The second-order valence-electron chi connectivity index (χ2n) is 10.1. The predicted octanol–water partition coefficient (Wildman–Crippen LogP) is 4.32. The van der Waals surface area contributed by atoms with Crippen LogP contribution in [0.4, 0.5) is 5.69 Å². The van der Waals surface area contributed by atoms with E-state index in [9.17, 15) is 13.2 Å². The van der Waals surface area contributed by atoms with Crippen molar-refractivity contribution in [1.82, 2.24) is 4.31 Å². The highest BCUT2D eigenvalue weighted by atomic mass is 35.5. The van der Waals surface area contributed by atoms with E-state index in [0.29, 0.717) is 48.2 Å². The number of anilines is 1. The average Bonchev–Trinajstić information content (AvgIpc) is 3.36. The molecule has 0 radical (unpaired) electrons. The lowest BCUT2D eigenvalue weighted by atomic mass is 9.91. The Morgan fingerprint density at radius 1 is 1.21 bits per heavy atom. The van der Waals surface area contributed by atoms with Gasteiger partial charge in [-0.3, -0.25) is 9.79 Å². The number of Topliss-reactive ketones (excluding diaryl/α,β-unsaturated/α-hetero) is 1. The molecule has 1 atom stereocenters. The number of aliphatic imine (C=N–C) groups is 1. The zero-order valence-electron chi connectivity index (χ0n) is 19.5. The molecule has 0 spiro atoms. The van der Waals surface area contributed by atoms with E-state index >= 15 is 0 Å². The predicted molar refractivity (Wildman–Crippen MR) is 133 cm³/mol. The molecule has 34 heavy (non-hydrogen) atoms. The van der Waals surface area contributed by atoms with Crippen molar-refractivity contribution < 1.29 is 17.9 Å². The maximum Gasteiger partial charge on any atom is 0.243 e. The van der Waals surface area contributed by atoms with Crippen molar-refractivity contribution in [2.24, 2.45) is 10.4 Å². The highest BCUT2D eigenvalue weighted by Gasteiger charge is 2.42. The van der Waals surface area contributed by atoms with Gasteiger partial charge in [-0.1, -0.05) is 31.5 Å². The van der Waals surface area contributed by atoms with Gasteiger partial charge in [0.05, 0.1) is 27.2 Å². The van der Waals surface area contributed by atoms with Gasteiger partial charge in [0.2, 0.25) is 15.8 Å². The van der Waals surface area contributed by atoms with Crippen LogP contribution in [0.3, 0.4) is 0 Å². The van der Waals surface area contributed by atoms with Crippen LogP contribution in [0.5, 0.6) is 5.75 Å². The van der Waals surface area contributed by atoms with E-state index in [-0.39, 0.29) is 28.7 Å². The number of nitrogens with zero attached hydrogens (tertiary/aromatic N) is 3. The zero-order valence-corrected chi connectivity index (χ0v) is 21.1. The summed E-state index contributed by atoms with van der Waals surface area (Å²) >= 11 is 6.27. The minimum absolute atomic E-state index is 0.0563. The highest BCUT2D eigenvalue weighted by Crippen LogP contribution is 2.38. The van der Waals surface area contributed by atoms with Crippen LogP contribution >= 0.6 is 11.6 Å². The summed E-state index contributed by atoms with van der Waals surface area (Å²) in [5, 5.41) is 0.507. The van der Waals surface area contributed by atoms with Gasteiger partial charge in [0, 0.05) is 25.0 Å². The van der Waals surface area contributed by atoms with Crippen LogP contribution < -0.4 is 9.64 Å². The lowest BCUT2D eigenvalue weighted by Crippen LogP contribution is -2.44. The first kappa shape index (κ1) is 23.3. The fourth-order valence-corrected chi connectivity index (χ4v) is 6.87. The van der Waals surface area contributed by atoms with E-state index in [1.807, 2.05) is 24.0 Å². The SMILES string of the molecule is Cc1ccc(OC[C@@H]2CCCN2S(=O)(=O)c2ccc3c(c2)C(=O)C2=NCC(C)(C)CN23)c(Cl)c1. The zero-order chi connectivity index (χ0) is 24.3. The van der Waals surface area contributed by atoms with Gasteiger partial charge in [0.15, 0.2) is 5.84 Å².